The average molecular weight is 732 g/mol. The quantitative estimate of drug-likeness (QED) is 0.134. The van der Waals surface area contributed by atoms with E-state index in [4.69, 9.17) is 21.1 Å². The van der Waals surface area contributed by atoms with Crippen LogP contribution in [-0.4, -0.2) is 57.4 Å². The van der Waals surface area contributed by atoms with Crippen LogP contribution in [0.25, 0.3) is 0 Å². The first kappa shape index (κ1) is 37.5. The van der Waals surface area contributed by atoms with Gasteiger partial charge in [0.2, 0.25) is 10.0 Å². The lowest BCUT2D eigenvalue weighted by molar-refractivity contribution is -0.146. The predicted octanol–water partition coefficient (Wildman–Crippen LogP) is 7.65. The highest BCUT2D eigenvalue weighted by atomic mass is 35.5. The second kappa shape index (κ2) is 17.0. The fourth-order valence-corrected chi connectivity index (χ4v) is 8.28. The number of methoxy groups -OCH3 is 2. The molecule has 0 aromatic heterocycles. The third-order valence-electron chi connectivity index (χ3n) is 9.19. The van der Waals surface area contributed by atoms with E-state index in [0.717, 1.165) is 29.7 Å². The van der Waals surface area contributed by atoms with E-state index in [1.54, 1.807) is 49.4 Å². The van der Waals surface area contributed by atoms with Crippen molar-refractivity contribution >= 4 is 56.5 Å². The molecule has 0 spiro atoms. The predicted molar refractivity (Wildman–Crippen MR) is 198 cm³/mol. The summed E-state index contributed by atoms with van der Waals surface area (Å²) >= 11 is 6.33. The van der Waals surface area contributed by atoms with Crippen LogP contribution in [0.5, 0.6) is 0 Å². The molecular weight excluding hydrogens is 690 g/mol. The van der Waals surface area contributed by atoms with Crippen LogP contribution in [0.15, 0.2) is 95.9 Å². The Morgan fingerprint density at radius 1 is 0.784 bits per heavy atom. The normalized spacial score (nSPS) is 15.9. The second-order valence-electron chi connectivity index (χ2n) is 12.4. The summed E-state index contributed by atoms with van der Waals surface area (Å²) in [6, 6.07) is 26.1. The van der Waals surface area contributed by atoms with E-state index in [-0.39, 0.29) is 40.9 Å². The maximum atomic E-state index is 13.8. The van der Waals surface area contributed by atoms with Gasteiger partial charge in [0.1, 0.15) is 0 Å². The first-order chi connectivity index (χ1) is 24.5. The van der Waals surface area contributed by atoms with Crippen LogP contribution in [0.4, 0.5) is 17.1 Å². The molecule has 0 aliphatic heterocycles. The van der Waals surface area contributed by atoms with Crippen molar-refractivity contribution < 1.29 is 32.3 Å². The highest BCUT2D eigenvalue weighted by Crippen LogP contribution is 2.33. The fourth-order valence-electron chi connectivity index (χ4n) is 6.37. The zero-order valence-electron chi connectivity index (χ0n) is 28.9. The molecule has 1 fully saturated rings. The van der Waals surface area contributed by atoms with Gasteiger partial charge in [-0.25, -0.2) is 13.2 Å². The van der Waals surface area contributed by atoms with Gasteiger partial charge in [0.15, 0.2) is 0 Å². The number of sulfonamides is 1. The second-order valence-corrected chi connectivity index (χ2v) is 14.7. The van der Waals surface area contributed by atoms with Crippen LogP contribution in [0.1, 0.15) is 64.4 Å². The molecule has 1 aliphatic carbocycles. The van der Waals surface area contributed by atoms with Gasteiger partial charge in [-0.05, 0) is 110 Å². The Morgan fingerprint density at radius 3 is 2.04 bits per heavy atom. The van der Waals surface area contributed by atoms with Gasteiger partial charge in [0.25, 0.3) is 5.91 Å². The number of carbonyl (C=O) groups excluding carboxylic acids is 3. The van der Waals surface area contributed by atoms with Crippen molar-refractivity contribution in [1.82, 2.24) is 4.31 Å². The summed E-state index contributed by atoms with van der Waals surface area (Å²) in [4.78, 5) is 37.2. The van der Waals surface area contributed by atoms with Gasteiger partial charge >= 0.3 is 11.9 Å². The maximum Gasteiger partial charge on any atom is 0.337 e. The van der Waals surface area contributed by atoms with E-state index >= 15 is 0 Å². The largest absolute Gasteiger partial charge is 0.469 e. The molecule has 268 valence electrons. The lowest BCUT2D eigenvalue weighted by Crippen LogP contribution is -2.43. The molecule has 0 bridgehead atoms. The Morgan fingerprint density at radius 2 is 1.43 bits per heavy atom. The lowest BCUT2D eigenvalue weighted by atomic mass is 9.86. The summed E-state index contributed by atoms with van der Waals surface area (Å²) in [7, 11) is -1.19. The van der Waals surface area contributed by atoms with E-state index in [2.05, 4.69) is 10.6 Å². The van der Waals surface area contributed by atoms with Crippen molar-refractivity contribution in [3.05, 3.63) is 118 Å². The molecule has 0 saturated heterocycles. The summed E-state index contributed by atoms with van der Waals surface area (Å²) in [5.74, 6) is -1.32. The molecule has 0 unspecified atom stereocenters. The molecule has 10 nitrogen and oxygen atoms in total. The first-order valence-corrected chi connectivity index (χ1v) is 18.7. The molecule has 5 rings (SSSR count). The van der Waals surface area contributed by atoms with Gasteiger partial charge in [-0.15, -0.1) is 0 Å². The average Bonchev–Trinajstić information content (AvgIpc) is 3.15. The van der Waals surface area contributed by atoms with Crippen LogP contribution < -0.4 is 10.6 Å². The molecule has 1 aliphatic rings. The monoisotopic (exact) mass is 731 g/mol. The van der Waals surface area contributed by atoms with E-state index in [1.807, 2.05) is 36.4 Å². The number of hydrogen-bond donors (Lipinski definition) is 2. The number of nitrogens with zero attached hydrogens (tertiary/aromatic N) is 1. The molecule has 2 N–H and O–H groups in total. The van der Waals surface area contributed by atoms with Crippen LogP contribution in [-0.2, 0) is 37.1 Å². The zero-order valence-corrected chi connectivity index (χ0v) is 30.4. The van der Waals surface area contributed by atoms with Crippen molar-refractivity contribution in [2.75, 3.05) is 31.4 Å². The molecule has 12 heteroatoms. The van der Waals surface area contributed by atoms with Gasteiger partial charge in [0, 0.05) is 28.9 Å². The number of hydrogen-bond acceptors (Lipinski definition) is 8. The van der Waals surface area contributed by atoms with Crippen molar-refractivity contribution in [2.45, 2.75) is 56.4 Å². The Hall–Kier alpha value is -4.71. The van der Waals surface area contributed by atoms with Gasteiger partial charge in [-0.2, -0.15) is 4.31 Å². The molecule has 4 aromatic rings. The summed E-state index contributed by atoms with van der Waals surface area (Å²) in [6.45, 7) is 2.05. The molecule has 1 saturated carbocycles. The topological polar surface area (TPSA) is 131 Å². The number of benzene rings is 4. The Balaban J connectivity index is 1.24. The minimum atomic E-state index is -3.92. The number of carbonyl (C=O) groups is 3. The van der Waals surface area contributed by atoms with Crippen LogP contribution in [0.3, 0.4) is 0 Å². The van der Waals surface area contributed by atoms with Gasteiger partial charge in [-0.3, -0.25) is 9.59 Å². The number of rotatable bonds is 13. The number of halogens is 1. The number of aryl methyl sites for hydroxylation is 2. The Kier molecular flexibility index (Phi) is 12.5. The number of ether oxygens (including phenoxy) is 2. The van der Waals surface area contributed by atoms with Gasteiger partial charge in [-0.1, -0.05) is 48.9 Å². The minimum absolute atomic E-state index is 0.0276. The lowest BCUT2D eigenvalue weighted by Gasteiger charge is -2.34. The molecule has 1 amide bonds. The summed E-state index contributed by atoms with van der Waals surface area (Å²) in [5, 5.41) is 6.70. The zero-order chi connectivity index (χ0) is 36.5. The van der Waals surface area contributed by atoms with Crippen molar-refractivity contribution in [3.8, 4) is 0 Å². The highest BCUT2D eigenvalue weighted by molar-refractivity contribution is 7.89. The van der Waals surface area contributed by atoms with Crippen LogP contribution >= 0.6 is 11.6 Å². The Bertz CT molecular complexity index is 1960. The molecule has 51 heavy (non-hydrogen) atoms. The van der Waals surface area contributed by atoms with Gasteiger partial charge in [0.05, 0.1) is 42.0 Å². The first-order valence-electron chi connectivity index (χ1n) is 16.9. The molecule has 0 atom stereocenters. The van der Waals surface area contributed by atoms with Crippen molar-refractivity contribution in [2.24, 2.45) is 5.92 Å². The third-order valence-corrected chi connectivity index (χ3v) is 11.5. The van der Waals surface area contributed by atoms with E-state index in [9.17, 15) is 22.8 Å². The number of esters is 2. The minimum Gasteiger partial charge on any atom is -0.469 e. The standard InChI is InChI=1S/C39H42ClN3O7S/c1-4-43(33-21-16-29(17-22-33)39(46)50-3)51(47,48)34-7-5-6-30(24-34)37(44)42-35-23-18-31(40)25-36(35)41-32-19-12-27(13-20-32)9-8-26-10-14-28(15-11-26)38(45)49-2/h5-7,10-15,18-20,23-25,29,33,41H,4,8-9,16-17,21-22H2,1-3H3,(H,42,44). The van der Waals surface area contributed by atoms with Crippen LogP contribution in [0, 0.1) is 5.92 Å². The number of nitrogens with one attached hydrogen (secondary N) is 2. The van der Waals surface area contributed by atoms with Gasteiger partial charge < -0.3 is 20.1 Å². The fraction of sp³-hybridized carbons (Fsp3) is 0.308. The molecule has 0 radical (unpaired) electrons. The van der Waals surface area contributed by atoms with Crippen LogP contribution in [0.2, 0.25) is 5.02 Å². The summed E-state index contributed by atoms with van der Waals surface area (Å²) < 4.78 is 38.7. The Labute approximate surface area is 304 Å². The van der Waals surface area contributed by atoms with E-state index in [1.165, 1.54) is 30.7 Å². The van der Waals surface area contributed by atoms with E-state index < -0.39 is 15.9 Å². The summed E-state index contributed by atoms with van der Waals surface area (Å²) in [5.41, 5.74) is 4.75. The number of amides is 1. The molecule has 0 heterocycles. The molecular formula is C39H42ClN3O7S. The van der Waals surface area contributed by atoms with E-state index in [0.29, 0.717) is 47.6 Å². The molecule has 4 aromatic carbocycles. The highest BCUT2D eigenvalue weighted by Gasteiger charge is 2.35. The SMILES string of the molecule is CCN(C1CCC(C(=O)OC)CC1)S(=O)(=O)c1cccc(C(=O)Nc2ccc(Cl)cc2Nc2ccc(CCc3ccc(C(=O)OC)cc3)cc2)c1. The maximum absolute atomic E-state index is 13.8. The smallest absolute Gasteiger partial charge is 0.337 e. The van der Waals surface area contributed by atoms with Crippen molar-refractivity contribution in [1.29, 1.82) is 0 Å². The number of anilines is 3. The third kappa shape index (κ3) is 9.35. The summed E-state index contributed by atoms with van der Waals surface area (Å²) in [6.07, 6.45) is 3.83. The van der Waals surface area contributed by atoms with Crippen molar-refractivity contribution in [3.63, 3.8) is 0 Å².